The van der Waals surface area contributed by atoms with Gasteiger partial charge < -0.3 is 9.47 Å². The van der Waals surface area contributed by atoms with Crippen molar-refractivity contribution in [2.45, 2.75) is 4.83 Å². The molecule has 0 radical (unpaired) electrons. The Morgan fingerprint density at radius 1 is 1.00 bits per heavy atom. The molecular weight excluding hydrogens is 460 g/mol. The third-order valence-electron chi connectivity index (χ3n) is 2.58. The molecule has 1 atom stereocenters. The van der Waals surface area contributed by atoms with E-state index in [9.17, 15) is 0 Å². The number of hydrogen-bond acceptors (Lipinski definition) is 3. The molecule has 2 rings (SSSR count). The molecule has 0 aliphatic rings. The van der Waals surface area contributed by atoms with Gasteiger partial charge in [-0.05, 0) is 55.6 Å². The van der Waals surface area contributed by atoms with Crippen LogP contribution < -0.4 is 9.47 Å². The van der Waals surface area contributed by atoms with Crippen LogP contribution in [-0.2, 0) is 0 Å². The summed E-state index contributed by atoms with van der Waals surface area (Å²) in [6.45, 7) is 0. The van der Waals surface area contributed by atoms with E-state index in [1.165, 1.54) is 4.88 Å². The van der Waals surface area contributed by atoms with Crippen LogP contribution in [0.5, 0.6) is 11.5 Å². The second-order valence-corrected chi connectivity index (χ2v) is 7.95. The third kappa shape index (κ3) is 3.54. The molecule has 1 heterocycles. The molecule has 0 aliphatic heterocycles. The Hall–Kier alpha value is -0.0400. The van der Waals surface area contributed by atoms with E-state index in [1.807, 2.05) is 18.2 Å². The fraction of sp³-hybridized carbons (Fsp3) is 0.231. The number of halogens is 3. The van der Waals surface area contributed by atoms with Crippen molar-refractivity contribution in [2.24, 2.45) is 0 Å². The number of alkyl halides is 1. The van der Waals surface area contributed by atoms with E-state index in [-0.39, 0.29) is 4.83 Å². The smallest absolute Gasteiger partial charge is 0.122 e. The second-order valence-electron chi connectivity index (χ2n) is 3.78. The van der Waals surface area contributed by atoms with Gasteiger partial charge in [0.1, 0.15) is 11.5 Å². The van der Waals surface area contributed by atoms with Crippen molar-refractivity contribution in [3.63, 3.8) is 0 Å². The standard InChI is InChI=1S/C13H11Br3O2S/c1-17-8-3-7(4-9(5-8)18-2)12(15)11-6-10(14)13(16)19-11/h3-6,12H,1-2H3. The lowest BCUT2D eigenvalue weighted by atomic mass is 10.1. The molecule has 1 aromatic carbocycles. The molecule has 6 heteroatoms. The summed E-state index contributed by atoms with van der Waals surface area (Å²) in [5.41, 5.74) is 1.09. The molecule has 0 aliphatic carbocycles. The maximum absolute atomic E-state index is 5.30. The fourth-order valence-corrected chi connectivity index (χ4v) is 4.40. The van der Waals surface area contributed by atoms with Crippen molar-refractivity contribution >= 4 is 59.1 Å². The van der Waals surface area contributed by atoms with Gasteiger partial charge in [0, 0.05) is 15.4 Å². The third-order valence-corrected chi connectivity index (χ3v) is 7.23. The van der Waals surface area contributed by atoms with Crippen LogP contribution in [0.15, 0.2) is 32.5 Å². The molecule has 0 saturated heterocycles. The molecule has 0 fully saturated rings. The predicted molar refractivity (Wildman–Crippen MR) is 90.0 cm³/mol. The van der Waals surface area contributed by atoms with Gasteiger partial charge in [-0.1, -0.05) is 15.9 Å². The molecule has 0 saturated carbocycles. The molecular formula is C13H11Br3O2S. The Bertz CT molecular complexity index is 542. The van der Waals surface area contributed by atoms with Crippen molar-refractivity contribution in [1.82, 2.24) is 0 Å². The van der Waals surface area contributed by atoms with Gasteiger partial charge in [0.05, 0.1) is 22.8 Å². The highest BCUT2D eigenvalue weighted by Gasteiger charge is 2.16. The van der Waals surface area contributed by atoms with E-state index < -0.39 is 0 Å². The maximum Gasteiger partial charge on any atom is 0.122 e. The van der Waals surface area contributed by atoms with Gasteiger partial charge in [-0.15, -0.1) is 11.3 Å². The molecule has 1 aromatic heterocycles. The first kappa shape index (κ1) is 15.4. The van der Waals surface area contributed by atoms with Gasteiger partial charge in [-0.25, -0.2) is 0 Å². The summed E-state index contributed by atoms with van der Waals surface area (Å²) in [7, 11) is 3.31. The zero-order valence-corrected chi connectivity index (χ0v) is 15.8. The normalized spacial score (nSPS) is 12.3. The summed E-state index contributed by atoms with van der Waals surface area (Å²) in [4.78, 5) is 1.30. The van der Waals surface area contributed by atoms with Crippen LogP contribution in [0.25, 0.3) is 0 Å². The Labute approximate surface area is 141 Å². The van der Waals surface area contributed by atoms with Gasteiger partial charge >= 0.3 is 0 Å². The summed E-state index contributed by atoms with van der Waals surface area (Å²) in [5.74, 6) is 1.57. The molecule has 102 valence electrons. The number of benzene rings is 1. The van der Waals surface area contributed by atoms with Crippen molar-refractivity contribution in [2.75, 3.05) is 14.2 Å². The van der Waals surface area contributed by atoms with E-state index in [0.717, 1.165) is 25.3 Å². The van der Waals surface area contributed by atoms with Crippen LogP contribution in [0.3, 0.4) is 0 Å². The highest BCUT2D eigenvalue weighted by Crippen LogP contribution is 2.42. The van der Waals surface area contributed by atoms with E-state index in [0.29, 0.717) is 0 Å². The Morgan fingerprint density at radius 2 is 1.58 bits per heavy atom. The number of ether oxygens (including phenoxy) is 2. The number of rotatable bonds is 4. The van der Waals surface area contributed by atoms with Gasteiger partial charge in [0.25, 0.3) is 0 Å². The lowest BCUT2D eigenvalue weighted by Crippen LogP contribution is -1.94. The van der Waals surface area contributed by atoms with E-state index in [1.54, 1.807) is 25.6 Å². The quantitative estimate of drug-likeness (QED) is 0.528. The summed E-state index contributed by atoms with van der Waals surface area (Å²) < 4.78 is 12.7. The predicted octanol–water partition coefficient (Wildman–Crippen LogP) is 5.77. The van der Waals surface area contributed by atoms with Crippen LogP contribution in [0.1, 0.15) is 15.3 Å². The summed E-state index contributed by atoms with van der Waals surface area (Å²) in [5, 5.41) is 0. The van der Waals surface area contributed by atoms with Crippen LogP contribution in [0, 0.1) is 0 Å². The summed E-state index contributed by atoms with van der Waals surface area (Å²) in [6, 6.07) is 7.97. The molecule has 0 N–H and O–H groups in total. The maximum atomic E-state index is 5.30. The molecule has 0 spiro atoms. The van der Waals surface area contributed by atoms with Crippen LogP contribution >= 0.6 is 59.1 Å². The first-order chi connectivity index (χ1) is 9.05. The Balaban J connectivity index is 2.39. The molecule has 1 unspecified atom stereocenters. The highest BCUT2D eigenvalue weighted by atomic mass is 79.9. The average molecular weight is 471 g/mol. The SMILES string of the molecule is COc1cc(OC)cc(C(Br)c2cc(Br)c(Br)s2)c1. The van der Waals surface area contributed by atoms with Crippen LogP contribution in [-0.4, -0.2) is 14.2 Å². The van der Waals surface area contributed by atoms with Gasteiger partial charge in [-0.2, -0.15) is 0 Å². The molecule has 0 amide bonds. The van der Waals surface area contributed by atoms with E-state index in [4.69, 9.17) is 9.47 Å². The van der Waals surface area contributed by atoms with Crippen LogP contribution in [0.4, 0.5) is 0 Å². The lowest BCUT2D eigenvalue weighted by molar-refractivity contribution is 0.393. The molecule has 0 bridgehead atoms. The monoisotopic (exact) mass is 468 g/mol. The number of hydrogen-bond donors (Lipinski definition) is 0. The van der Waals surface area contributed by atoms with Crippen molar-refractivity contribution in [3.8, 4) is 11.5 Å². The van der Waals surface area contributed by atoms with Crippen molar-refractivity contribution in [3.05, 3.63) is 43.0 Å². The molecule has 2 nitrogen and oxygen atoms in total. The largest absolute Gasteiger partial charge is 0.497 e. The minimum Gasteiger partial charge on any atom is -0.497 e. The number of thiophene rings is 1. The Morgan fingerprint density at radius 3 is 2.00 bits per heavy atom. The van der Waals surface area contributed by atoms with E-state index in [2.05, 4.69) is 53.9 Å². The van der Waals surface area contributed by atoms with Crippen LogP contribution in [0.2, 0.25) is 0 Å². The summed E-state index contributed by atoms with van der Waals surface area (Å²) >= 11 is 12.4. The first-order valence-corrected chi connectivity index (χ1v) is 8.68. The van der Waals surface area contributed by atoms with Crippen molar-refractivity contribution < 1.29 is 9.47 Å². The van der Waals surface area contributed by atoms with Gasteiger partial charge in [0.2, 0.25) is 0 Å². The van der Waals surface area contributed by atoms with Gasteiger partial charge in [0.15, 0.2) is 0 Å². The zero-order chi connectivity index (χ0) is 14.0. The summed E-state index contributed by atoms with van der Waals surface area (Å²) in [6.07, 6.45) is 0. The second kappa shape index (κ2) is 6.61. The average Bonchev–Trinajstić information content (AvgIpc) is 2.77. The Kier molecular flexibility index (Phi) is 5.34. The fourth-order valence-electron chi connectivity index (χ4n) is 1.63. The zero-order valence-electron chi connectivity index (χ0n) is 10.2. The minimum atomic E-state index is 0.101. The number of methoxy groups -OCH3 is 2. The highest BCUT2D eigenvalue weighted by molar-refractivity contribution is 9.13. The molecule has 19 heavy (non-hydrogen) atoms. The topological polar surface area (TPSA) is 18.5 Å². The lowest BCUT2D eigenvalue weighted by Gasteiger charge is -2.12. The molecule has 2 aromatic rings. The van der Waals surface area contributed by atoms with Crippen molar-refractivity contribution in [1.29, 1.82) is 0 Å². The first-order valence-electron chi connectivity index (χ1n) is 5.37. The minimum absolute atomic E-state index is 0.101. The van der Waals surface area contributed by atoms with Gasteiger partial charge in [-0.3, -0.25) is 0 Å². The van der Waals surface area contributed by atoms with E-state index >= 15 is 0 Å².